The number of carbonyl (C=O) groups excluding carboxylic acids is 2. The minimum atomic E-state index is -0.232. The molecule has 0 spiro atoms. The molecule has 9 heteroatoms. The van der Waals surface area contributed by atoms with Crippen LogP contribution in [0.4, 0.5) is 0 Å². The molecule has 1 saturated heterocycles. The van der Waals surface area contributed by atoms with Gasteiger partial charge in [0.2, 0.25) is 17.7 Å². The zero-order valence-electron chi connectivity index (χ0n) is 19.3. The summed E-state index contributed by atoms with van der Waals surface area (Å²) < 4.78 is 6.42. The van der Waals surface area contributed by atoms with Crippen molar-refractivity contribution >= 4 is 33.4 Å². The Morgan fingerprint density at radius 3 is 2.67 bits per heavy atom. The predicted octanol–water partition coefficient (Wildman–Crippen LogP) is 2.53. The molecule has 0 bridgehead atoms. The van der Waals surface area contributed by atoms with Gasteiger partial charge in [-0.1, -0.05) is 0 Å². The van der Waals surface area contributed by atoms with Gasteiger partial charge in [-0.25, -0.2) is 9.97 Å². The number of ether oxygens (including phenoxy) is 1. The second-order valence-electron chi connectivity index (χ2n) is 9.76. The number of fused-ring (bicyclic) bond motifs is 3. The summed E-state index contributed by atoms with van der Waals surface area (Å²) in [5.74, 6) is 0.541. The van der Waals surface area contributed by atoms with E-state index in [-0.39, 0.29) is 23.8 Å². The van der Waals surface area contributed by atoms with Crippen LogP contribution >= 0.6 is 11.3 Å². The van der Waals surface area contributed by atoms with Crippen molar-refractivity contribution in [1.82, 2.24) is 19.8 Å². The van der Waals surface area contributed by atoms with Crippen molar-refractivity contribution in [3.63, 3.8) is 0 Å². The predicted molar refractivity (Wildman–Crippen MR) is 127 cm³/mol. The van der Waals surface area contributed by atoms with E-state index in [1.165, 1.54) is 4.88 Å². The Labute approximate surface area is 198 Å². The van der Waals surface area contributed by atoms with E-state index in [0.717, 1.165) is 80.2 Å². The number of amides is 2. The minimum Gasteiger partial charge on any atom is -0.474 e. The number of carbonyl (C=O) groups is 2. The van der Waals surface area contributed by atoms with E-state index in [9.17, 15) is 9.59 Å². The van der Waals surface area contributed by atoms with Crippen molar-refractivity contribution in [3.05, 3.63) is 16.8 Å². The largest absolute Gasteiger partial charge is 0.474 e. The smallest absolute Gasteiger partial charge is 0.236 e. The van der Waals surface area contributed by atoms with E-state index in [1.807, 2.05) is 4.90 Å². The molecule has 1 saturated carbocycles. The zero-order valence-corrected chi connectivity index (χ0v) is 20.1. The molecule has 2 N–H and O–H groups in total. The number of hydrogen-bond acceptors (Lipinski definition) is 7. The van der Waals surface area contributed by atoms with Gasteiger partial charge in [0, 0.05) is 29.9 Å². The highest BCUT2D eigenvalue weighted by Gasteiger charge is 2.31. The summed E-state index contributed by atoms with van der Waals surface area (Å²) in [4.78, 5) is 39.7. The molecular formula is C24H33N5O3S. The molecule has 2 fully saturated rings. The van der Waals surface area contributed by atoms with Gasteiger partial charge in [0.25, 0.3) is 0 Å². The van der Waals surface area contributed by atoms with Crippen LogP contribution in [0.3, 0.4) is 0 Å². The molecule has 1 atom stereocenters. The van der Waals surface area contributed by atoms with Gasteiger partial charge in [-0.2, -0.15) is 0 Å². The fourth-order valence-electron chi connectivity index (χ4n) is 5.58. The maximum Gasteiger partial charge on any atom is 0.236 e. The lowest BCUT2D eigenvalue weighted by Gasteiger charge is -2.35. The van der Waals surface area contributed by atoms with Crippen molar-refractivity contribution < 1.29 is 14.3 Å². The number of thiophene rings is 1. The number of hydrogen-bond donors (Lipinski definition) is 1. The molecule has 178 valence electrons. The van der Waals surface area contributed by atoms with Crippen LogP contribution < -0.4 is 10.5 Å². The fraction of sp³-hybridized carbons (Fsp3) is 0.667. The number of nitrogens with zero attached hydrogens (tertiary/aromatic N) is 4. The van der Waals surface area contributed by atoms with Gasteiger partial charge < -0.3 is 15.4 Å². The Balaban J connectivity index is 1.22. The van der Waals surface area contributed by atoms with Crippen molar-refractivity contribution in [2.24, 2.45) is 11.7 Å². The second kappa shape index (κ2) is 9.54. The number of primary amides is 1. The summed E-state index contributed by atoms with van der Waals surface area (Å²) in [6.45, 7) is 2.32. The summed E-state index contributed by atoms with van der Waals surface area (Å²) >= 11 is 1.68. The second-order valence-corrected chi connectivity index (χ2v) is 10.8. The van der Waals surface area contributed by atoms with E-state index in [4.69, 9.17) is 10.5 Å². The van der Waals surface area contributed by atoms with Gasteiger partial charge >= 0.3 is 0 Å². The third-order valence-electron chi connectivity index (χ3n) is 7.60. The lowest BCUT2D eigenvalue weighted by atomic mass is 9.87. The molecule has 0 radical (unpaired) electrons. The molecule has 2 amide bonds. The van der Waals surface area contributed by atoms with Crippen molar-refractivity contribution in [3.8, 4) is 5.88 Å². The van der Waals surface area contributed by atoms with E-state index in [1.54, 1.807) is 17.7 Å². The highest BCUT2D eigenvalue weighted by molar-refractivity contribution is 7.18. The van der Waals surface area contributed by atoms with Crippen LogP contribution in [0.2, 0.25) is 0 Å². The Morgan fingerprint density at radius 1 is 1.18 bits per heavy atom. The van der Waals surface area contributed by atoms with Gasteiger partial charge in [-0.05, 0) is 70.4 Å². The van der Waals surface area contributed by atoms with E-state index in [2.05, 4.69) is 21.9 Å². The van der Waals surface area contributed by atoms with Crippen LogP contribution in [0.5, 0.6) is 5.88 Å². The third kappa shape index (κ3) is 4.71. The monoisotopic (exact) mass is 471 g/mol. The number of nitrogens with two attached hydrogens (primary N) is 1. The first-order valence-corrected chi connectivity index (χ1v) is 13.0. The normalized spacial score (nSPS) is 25.4. The first kappa shape index (κ1) is 22.5. The molecular weight excluding hydrogens is 438 g/mol. The number of likely N-dealkylation sites (N-methyl/N-ethyl adjacent to an activating group) is 1. The molecule has 0 aromatic carbocycles. The summed E-state index contributed by atoms with van der Waals surface area (Å²) in [6, 6.07) is 0.409. The molecule has 1 aliphatic heterocycles. The first-order valence-electron chi connectivity index (χ1n) is 12.2. The van der Waals surface area contributed by atoms with Crippen LogP contribution in [-0.2, 0) is 22.4 Å². The molecule has 0 unspecified atom stereocenters. The molecule has 3 aliphatic rings. The zero-order chi connectivity index (χ0) is 22.9. The van der Waals surface area contributed by atoms with Gasteiger partial charge in [-0.3, -0.25) is 14.5 Å². The van der Waals surface area contributed by atoms with Crippen LogP contribution in [0.1, 0.15) is 55.4 Å². The van der Waals surface area contributed by atoms with Crippen LogP contribution in [0.15, 0.2) is 6.33 Å². The topological polar surface area (TPSA) is 102 Å². The summed E-state index contributed by atoms with van der Waals surface area (Å²) in [6.07, 6.45) is 10.1. The highest BCUT2D eigenvalue weighted by atomic mass is 32.1. The molecule has 3 heterocycles. The molecule has 2 aromatic heterocycles. The van der Waals surface area contributed by atoms with Crippen molar-refractivity contribution in [2.45, 2.75) is 69.9 Å². The maximum atomic E-state index is 12.5. The lowest BCUT2D eigenvalue weighted by molar-refractivity contribution is -0.131. The Bertz CT molecular complexity index is 1030. The third-order valence-corrected chi connectivity index (χ3v) is 8.80. The summed E-state index contributed by atoms with van der Waals surface area (Å²) in [7, 11) is 2.07. The average molecular weight is 472 g/mol. The van der Waals surface area contributed by atoms with E-state index < -0.39 is 0 Å². The standard InChI is InChI=1S/C24H33N5O3S/c1-28(13-20(30)29-10-2-3-11-29)16-5-7-17(8-6-16)32-23-21-18-12-15(22(25)31)4-9-19(18)33-24(21)27-14-26-23/h14-17H,2-13H2,1H3,(H2,25,31)/t15-,16-,17-/m1/s1. The molecule has 2 aliphatic carbocycles. The van der Waals surface area contributed by atoms with Crippen molar-refractivity contribution in [2.75, 3.05) is 26.7 Å². The molecule has 8 nitrogen and oxygen atoms in total. The number of aryl methyl sites for hydroxylation is 1. The van der Waals surface area contributed by atoms with E-state index in [0.29, 0.717) is 24.9 Å². The molecule has 5 rings (SSSR count). The van der Waals surface area contributed by atoms with Gasteiger partial charge in [-0.15, -0.1) is 11.3 Å². The highest BCUT2D eigenvalue weighted by Crippen LogP contribution is 2.41. The van der Waals surface area contributed by atoms with Gasteiger partial charge in [0.05, 0.1) is 11.9 Å². The SMILES string of the molecule is CN(CC(=O)N1CCCC1)[C@H]1CC[C@H](Oc2ncnc3sc4c(c23)C[C@H](C(N)=O)CC4)CC1. The van der Waals surface area contributed by atoms with Crippen LogP contribution in [0, 0.1) is 5.92 Å². The number of likely N-dealkylation sites (tertiary alicyclic amines) is 1. The minimum absolute atomic E-state index is 0.105. The van der Waals surface area contributed by atoms with Crippen LogP contribution in [0.25, 0.3) is 10.2 Å². The maximum absolute atomic E-state index is 12.5. The summed E-state index contributed by atoms with van der Waals surface area (Å²) in [5.41, 5.74) is 6.75. The van der Waals surface area contributed by atoms with Crippen molar-refractivity contribution in [1.29, 1.82) is 0 Å². The van der Waals surface area contributed by atoms with Gasteiger partial charge in [0.15, 0.2) is 0 Å². The first-order chi connectivity index (χ1) is 16.0. The van der Waals surface area contributed by atoms with Gasteiger partial charge in [0.1, 0.15) is 17.3 Å². The lowest BCUT2D eigenvalue weighted by Crippen LogP contribution is -2.44. The molecule has 2 aromatic rings. The summed E-state index contributed by atoms with van der Waals surface area (Å²) in [5, 5.41) is 0.971. The Kier molecular flexibility index (Phi) is 6.51. The number of aromatic nitrogens is 2. The quantitative estimate of drug-likeness (QED) is 0.695. The average Bonchev–Trinajstić information content (AvgIpc) is 3.47. The van der Waals surface area contributed by atoms with Crippen LogP contribution in [-0.4, -0.2) is 70.4 Å². The van der Waals surface area contributed by atoms with E-state index >= 15 is 0 Å². The fourth-order valence-corrected chi connectivity index (χ4v) is 6.76. The Morgan fingerprint density at radius 2 is 1.94 bits per heavy atom. The number of rotatable bonds is 6. The Hall–Kier alpha value is -2.26. The molecule has 33 heavy (non-hydrogen) atoms.